The minimum Gasteiger partial charge on any atom is -0.201 e. The highest BCUT2D eigenvalue weighted by atomic mass is 79.9. The van der Waals surface area contributed by atoms with Gasteiger partial charge in [-0.1, -0.05) is 161 Å². The van der Waals surface area contributed by atoms with Gasteiger partial charge in [0, 0.05) is 92.1 Å². The van der Waals surface area contributed by atoms with E-state index in [0.29, 0.717) is 0 Å². The fraction of sp³-hybridized carbons (Fsp3) is 0.125. The van der Waals surface area contributed by atoms with Crippen LogP contribution in [0.1, 0.15) is 44.5 Å². The second-order valence-electron chi connectivity index (χ2n) is 18.4. The summed E-state index contributed by atoms with van der Waals surface area (Å²) in [7, 11) is 0. The highest BCUT2D eigenvalue weighted by Gasteiger charge is 2.16. The molecule has 0 unspecified atom stereocenters. The van der Waals surface area contributed by atoms with Crippen molar-refractivity contribution in [3.63, 3.8) is 0 Å². The van der Waals surface area contributed by atoms with Crippen molar-refractivity contribution >= 4 is 63.7 Å². The second kappa shape index (κ2) is 23.6. The standard InChI is InChI=1S/C64H54Br4N4/c65-39-47-1-9-51(10-2-47)43-69-25-17-55(18-26-69)59-33-60(56-19-27-70(28-20-56)44-52-11-3-48(40-66)4-12-52)36-63(35-59)64-37-61(57-21-29-71(30-22-57)45-53-13-5-49(41-67)6-14-53)34-62(38-64)58-23-31-72(32-24-58)46-54-15-7-50(42-68)8-16-54/h1-38H,39-46H2/q+4. The first-order chi connectivity index (χ1) is 35.4. The zero-order chi connectivity index (χ0) is 49.2. The summed E-state index contributed by atoms with van der Waals surface area (Å²) in [6.45, 7) is 3.23. The van der Waals surface area contributed by atoms with Gasteiger partial charge >= 0.3 is 0 Å². The summed E-state index contributed by atoms with van der Waals surface area (Å²) in [6, 6.07) is 67.5. The molecule has 354 valence electrons. The average molecular weight is 1200 g/mol. The van der Waals surface area contributed by atoms with Crippen molar-refractivity contribution in [3.05, 3.63) is 276 Å². The van der Waals surface area contributed by atoms with Crippen LogP contribution in [-0.2, 0) is 47.5 Å². The average Bonchev–Trinajstić information content (AvgIpc) is 3.44. The maximum absolute atomic E-state index is 3.58. The SMILES string of the molecule is BrCc1ccc(C[n+]2ccc(-c3cc(-c4cc[n+](Cc5ccc(CBr)cc5)cc4)cc(-c4cc(-c5cc[n+](Cc6ccc(CBr)cc6)cc5)cc(-c5cc[n+](Cc6ccc(CBr)cc6)cc5)c4)c3)cc2)cc1. The molecule has 0 aliphatic rings. The fourth-order valence-corrected chi connectivity index (χ4v) is 10.5. The van der Waals surface area contributed by atoms with E-state index in [0.717, 1.165) is 58.6 Å². The molecule has 0 aliphatic heterocycles. The van der Waals surface area contributed by atoms with Crippen molar-refractivity contribution in [2.75, 3.05) is 0 Å². The van der Waals surface area contributed by atoms with Crippen molar-refractivity contribution < 1.29 is 18.3 Å². The molecule has 0 bridgehead atoms. The van der Waals surface area contributed by atoms with E-state index in [2.05, 4.69) is 314 Å². The third-order valence-electron chi connectivity index (χ3n) is 13.3. The number of hydrogen-bond donors (Lipinski definition) is 0. The van der Waals surface area contributed by atoms with E-state index in [1.54, 1.807) is 0 Å². The first-order valence-corrected chi connectivity index (χ1v) is 28.7. The normalized spacial score (nSPS) is 11.2. The van der Waals surface area contributed by atoms with Gasteiger partial charge in [0.15, 0.2) is 75.8 Å². The molecule has 10 aromatic rings. The number of aromatic nitrogens is 4. The van der Waals surface area contributed by atoms with Gasteiger partial charge in [0.1, 0.15) is 0 Å². The lowest BCUT2D eigenvalue weighted by atomic mass is 9.90. The Hall–Kier alpha value is -6.16. The smallest absolute Gasteiger partial charge is 0.173 e. The van der Waals surface area contributed by atoms with Crippen molar-refractivity contribution in [1.82, 2.24) is 0 Å². The fourth-order valence-electron chi connectivity index (χ4n) is 9.05. The minimum atomic E-state index is 0.808. The molecule has 0 spiro atoms. The van der Waals surface area contributed by atoms with Gasteiger partial charge in [-0.15, -0.1) is 0 Å². The highest BCUT2D eigenvalue weighted by Crippen LogP contribution is 2.37. The second-order valence-corrected chi connectivity index (χ2v) is 20.7. The topological polar surface area (TPSA) is 15.5 Å². The zero-order valence-electron chi connectivity index (χ0n) is 39.9. The number of halogens is 4. The van der Waals surface area contributed by atoms with Crippen LogP contribution in [0.3, 0.4) is 0 Å². The van der Waals surface area contributed by atoms with Crippen LogP contribution in [-0.4, -0.2) is 0 Å². The lowest BCUT2D eigenvalue weighted by Gasteiger charge is -2.14. The number of rotatable bonds is 17. The molecule has 0 atom stereocenters. The third-order valence-corrected chi connectivity index (χ3v) is 15.9. The molecule has 0 aliphatic carbocycles. The Balaban J connectivity index is 1.03. The van der Waals surface area contributed by atoms with Crippen molar-refractivity contribution in [2.45, 2.75) is 47.5 Å². The maximum atomic E-state index is 3.58. The molecule has 4 heterocycles. The quantitative estimate of drug-likeness (QED) is 0.0638. The molecular weight excluding hydrogens is 1140 g/mol. The molecular formula is C64H54Br4N4+4. The Labute approximate surface area is 457 Å². The summed E-state index contributed by atoms with van der Waals surface area (Å²) >= 11 is 14.3. The lowest BCUT2D eigenvalue weighted by molar-refractivity contribution is -0.688. The van der Waals surface area contributed by atoms with Crippen LogP contribution in [0.4, 0.5) is 0 Å². The Morgan fingerprint density at radius 1 is 0.194 bits per heavy atom. The van der Waals surface area contributed by atoms with E-state index in [-0.39, 0.29) is 0 Å². The lowest BCUT2D eigenvalue weighted by Crippen LogP contribution is -2.33. The summed E-state index contributed by atoms with van der Waals surface area (Å²) < 4.78 is 9.02. The van der Waals surface area contributed by atoms with Crippen LogP contribution in [0.15, 0.2) is 232 Å². The molecule has 0 fully saturated rings. The Morgan fingerprint density at radius 2 is 0.347 bits per heavy atom. The molecule has 0 amide bonds. The predicted octanol–water partition coefficient (Wildman–Crippen LogP) is 14.9. The van der Waals surface area contributed by atoms with Crippen LogP contribution in [0.25, 0.3) is 55.6 Å². The Bertz CT molecular complexity index is 2920. The van der Waals surface area contributed by atoms with Crippen LogP contribution in [0, 0.1) is 0 Å². The summed E-state index contributed by atoms with van der Waals surface area (Å²) in [5.74, 6) is 0. The molecule has 0 N–H and O–H groups in total. The number of benzene rings is 6. The predicted molar refractivity (Wildman–Crippen MR) is 307 cm³/mol. The number of pyridine rings is 4. The van der Waals surface area contributed by atoms with E-state index >= 15 is 0 Å². The van der Waals surface area contributed by atoms with Gasteiger partial charge < -0.3 is 0 Å². The number of alkyl halides is 4. The molecule has 10 rings (SSSR count). The summed E-state index contributed by atoms with van der Waals surface area (Å²) in [4.78, 5) is 0. The van der Waals surface area contributed by atoms with Crippen LogP contribution >= 0.6 is 63.7 Å². The largest absolute Gasteiger partial charge is 0.201 e. The van der Waals surface area contributed by atoms with Crippen molar-refractivity contribution in [1.29, 1.82) is 0 Å². The molecule has 0 saturated heterocycles. The Kier molecular flexibility index (Phi) is 16.2. The zero-order valence-corrected chi connectivity index (χ0v) is 46.2. The first-order valence-electron chi connectivity index (χ1n) is 24.2. The maximum Gasteiger partial charge on any atom is 0.173 e. The van der Waals surface area contributed by atoms with Gasteiger partial charge in [-0.2, -0.15) is 0 Å². The van der Waals surface area contributed by atoms with Gasteiger partial charge in [-0.3, -0.25) is 0 Å². The molecule has 4 aromatic heterocycles. The molecule has 0 radical (unpaired) electrons. The highest BCUT2D eigenvalue weighted by molar-refractivity contribution is 9.09. The molecule has 72 heavy (non-hydrogen) atoms. The van der Waals surface area contributed by atoms with E-state index in [9.17, 15) is 0 Å². The van der Waals surface area contributed by atoms with Crippen molar-refractivity contribution in [3.8, 4) is 55.6 Å². The summed E-state index contributed by atoms with van der Waals surface area (Å²) in [5, 5.41) is 3.43. The van der Waals surface area contributed by atoms with Gasteiger partial charge in [0.2, 0.25) is 0 Å². The monoisotopic (exact) mass is 1190 g/mol. The first kappa shape index (κ1) is 49.4. The van der Waals surface area contributed by atoms with Gasteiger partial charge in [-0.25, -0.2) is 18.3 Å². The van der Waals surface area contributed by atoms with Crippen molar-refractivity contribution in [2.24, 2.45) is 0 Å². The summed E-state index contributed by atoms with van der Waals surface area (Å²) in [6.07, 6.45) is 17.6. The third kappa shape index (κ3) is 12.5. The van der Waals surface area contributed by atoms with Gasteiger partial charge in [-0.05, 0) is 114 Å². The van der Waals surface area contributed by atoms with Crippen LogP contribution < -0.4 is 18.3 Å². The van der Waals surface area contributed by atoms with E-state index in [4.69, 9.17) is 0 Å². The summed E-state index contributed by atoms with van der Waals surface area (Å²) in [5.41, 5.74) is 21.9. The molecule has 8 heteroatoms. The van der Waals surface area contributed by atoms with E-state index in [1.165, 1.54) is 89.0 Å². The molecule has 4 nitrogen and oxygen atoms in total. The minimum absolute atomic E-state index is 0.808. The van der Waals surface area contributed by atoms with Gasteiger partial charge in [0.05, 0.1) is 0 Å². The molecule has 0 saturated carbocycles. The Morgan fingerprint density at radius 3 is 0.514 bits per heavy atom. The van der Waals surface area contributed by atoms with E-state index < -0.39 is 0 Å². The number of hydrogen-bond acceptors (Lipinski definition) is 0. The van der Waals surface area contributed by atoms with Crippen LogP contribution in [0.2, 0.25) is 0 Å². The molecule has 6 aromatic carbocycles. The van der Waals surface area contributed by atoms with E-state index in [1.807, 2.05) is 0 Å². The van der Waals surface area contributed by atoms with Gasteiger partial charge in [0.25, 0.3) is 0 Å². The van der Waals surface area contributed by atoms with Crippen LogP contribution in [0.5, 0.6) is 0 Å². The number of nitrogens with zero attached hydrogens (tertiary/aromatic N) is 4.